The van der Waals surface area contributed by atoms with Crippen LogP contribution in [-0.2, 0) is 11.3 Å². The van der Waals surface area contributed by atoms with E-state index in [9.17, 15) is 9.18 Å². The zero-order valence-electron chi connectivity index (χ0n) is 15.6. The highest BCUT2D eigenvalue weighted by Gasteiger charge is 2.19. The van der Waals surface area contributed by atoms with E-state index in [2.05, 4.69) is 15.5 Å². The Hall–Kier alpha value is -2.87. The van der Waals surface area contributed by atoms with E-state index in [0.29, 0.717) is 17.5 Å². The number of anilines is 1. The molecule has 1 atom stereocenters. The molecule has 3 rings (SSSR count). The Balaban J connectivity index is 1.63. The Labute approximate surface area is 167 Å². The maximum absolute atomic E-state index is 13.6. The molecule has 0 fully saturated rings. The Morgan fingerprint density at radius 3 is 2.61 bits per heavy atom. The molecule has 3 aromatic rings. The maximum Gasteiger partial charge on any atom is 0.234 e. The number of carbonyl (C=O) groups excluding carboxylic acids is 1. The Kier molecular flexibility index (Phi) is 6.65. The van der Waals surface area contributed by atoms with Gasteiger partial charge in [-0.25, -0.2) is 4.39 Å². The molecule has 0 radical (unpaired) electrons. The molecule has 6 nitrogen and oxygen atoms in total. The van der Waals surface area contributed by atoms with Crippen LogP contribution < -0.4 is 10.1 Å². The van der Waals surface area contributed by atoms with Crippen molar-refractivity contribution in [2.75, 3.05) is 11.1 Å². The quantitative estimate of drug-likeness (QED) is 0.571. The summed E-state index contributed by atoms with van der Waals surface area (Å²) in [7, 11) is 0. The van der Waals surface area contributed by atoms with Crippen LogP contribution in [0.25, 0.3) is 0 Å². The lowest BCUT2D eigenvalue weighted by Crippen LogP contribution is -2.16. The van der Waals surface area contributed by atoms with Gasteiger partial charge in [0.05, 0.1) is 11.4 Å². The molecule has 0 bridgehead atoms. The van der Waals surface area contributed by atoms with Crippen LogP contribution in [0.5, 0.6) is 5.75 Å². The number of ether oxygens (including phenoxy) is 1. The number of benzene rings is 2. The van der Waals surface area contributed by atoms with Gasteiger partial charge >= 0.3 is 0 Å². The van der Waals surface area contributed by atoms with Crippen molar-refractivity contribution in [1.29, 1.82) is 0 Å². The van der Waals surface area contributed by atoms with Gasteiger partial charge in [-0.1, -0.05) is 42.1 Å². The third-order valence-electron chi connectivity index (χ3n) is 3.96. The number of nitrogens with zero attached hydrogens (tertiary/aromatic N) is 3. The summed E-state index contributed by atoms with van der Waals surface area (Å²) >= 11 is 1.25. The van der Waals surface area contributed by atoms with E-state index in [1.165, 1.54) is 23.9 Å². The Morgan fingerprint density at radius 1 is 1.18 bits per heavy atom. The molecule has 0 unspecified atom stereocenters. The van der Waals surface area contributed by atoms with E-state index in [1.54, 1.807) is 12.1 Å². The number of rotatable bonds is 8. The number of halogens is 1. The lowest BCUT2D eigenvalue weighted by Gasteiger charge is -2.15. The molecule has 1 heterocycles. The van der Waals surface area contributed by atoms with Gasteiger partial charge in [-0.05, 0) is 38.1 Å². The number of amides is 1. The average molecular weight is 400 g/mol. The molecule has 0 saturated heterocycles. The van der Waals surface area contributed by atoms with Gasteiger partial charge in [0.25, 0.3) is 0 Å². The van der Waals surface area contributed by atoms with E-state index in [1.807, 2.05) is 48.7 Å². The minimum atomic E-state index is -0.466. The summed E-state index contributed by atoms with van der Waals surface area (Å²) in [4.78, 5) is 12.1. The minimum absolute atomic E-state index is 0.0976. The molecule has 28 heavy (non-hydrogen) atoms. The first-order chi connectivity index (χ1) is 13.6. The van der Waals surface area contributed by atoms with Crippen LogP contribution in [-0.4, -0.2) is 26.4 Å². The van der Waals surface area contributed by atoms with Crippen molar-refractivity contribution in [3.8, 4) is 5.75 Å². The first-order valence-electron chi connectivity index (χ1n) is 8.90. The van der Waals surface area contributed by atoms with Crippen molar-refractivity contribution in [3.63, 3.8) is 0 Å². The number of aromatic nitrogens is 3. The number of hydrogen-bond donors (Lipinski definition) is 1. The summed E-state index contributed by atoms with van der Waals surface area (Å²) in [6, 6.07) is 15.6. The molecule has 0 spiro atoms. The highest BCUT2D eigenvalue weighted by molar-refractivity contribution is 7.99. The lowest BCUT2D eigenvalue weighted by molar-refractivity contribution is -0.113. The Morgan fingerprint density at radius 2 is 1.89 bits per heavy atom. The van der Waals surface area contributed by atoms with Crippen molar-refractivity contribution in [2.45, 2.75) is 31.7 Å². The van der Waals surface area contributed by atoms with Gasteiger partial charge in [0.1, 0.15) is 11.6 Å². The first-order valence-corrected chi connectivity index (χ1v) is 9.89. The molecule has 1 aromatic heterocycles. The normalized spacial score (nSPS) is 11.8. The molecular formula is C20H21FN4O2S. The van der Waals surface area contributed by atoms with Gasteiger partial charge in [0.15, 0.2) is 17.1 Å². The second-order valence-electron chi connectivity index (χ2n) is 5.97. The average Bonchev–Trinajstić information content (AvgIpc) is 3.12. The number of carbonyl (C=O) groups is 1. The number of hydrogen-bond acceptors (Lipinski definition) is 5. The van der Waals surface area contributed by atoms with Crippen molar-refractivity contribution in [2.24, 2.45) is 0 Å². The molecule has 0 aliphatic rings. The molecule has 1 amide bonds. The van der Waals surface area contributed by atoms with Crippen LogP contribution in [0.1, 0.15) is 25.8 Å². The molecular weight excluding hydrogens is 379 g/mol. The number of nitrogens with one attached hydrogen (secondary N) is 1. The predicted molar refractivity (Wildman–Crippen MR) is 107 cm³/mol. The zero-order chi connectivity index (χ0) is 19.9. The van der Waals surface area contributed by atoms with Crippen molar-refractivity contribution in [1.82, 2.24) is 14.8 Å². The van der Waals surface area contributed by atoms with Crippen LogP contribution in [0, 0.1) is 5.82 Å². The van der Waals surface area contributed by atoms with Gasteiger partial charge in [0, 0.05) is 6.54 Å². The van der Waals surface area contributed by atoms with Crippen LogP contribution in [0.4, 0.5) is 10.1 Å². The van der Waals surface area contributed by atoms with Crippen LogP contribution >= 0.6 is 11.8 Å². The maximum atomic E-state index is 13.6. The Bertz CT molecular complexity index is 933. The van der Waals surface area contributed by atoms with Crippen LogP contribution in [0.3, 0.4) is 0 Å². The third-order valence-corrected chi connectivity index (χ3v) is 4.93. The first kappa shape index (κ1) is 19.9. The van der Waals surface area contributed by atoms with Gasteiger partial charge in [-0.3, -0.25) is 4.79 Å². The van der Waals surface area contributed by atoms with E-state index < -0.39 is 5.82 Å². The zero-order valence-corrected chi connectivity index (χ0v) is 16.4. The molecule has 2 aromatic carbocycles. The largest absolute Gasteiger partial charge is 0.483 e. The van der Waals surface area contributed by atoms with E-state index >= 15 is 0 Å². The summed E-state index contributed by atoms with van der Waals surface area (Å²) in [5.41, 5.74) is 0.163. The van der Waals surface area contributed by atoms with E-state index in [-0.39, 0.29) is 23.5 Å². The summed E-state index contributed by atoms with van der Waals surface area (Å²) < 4.78 is 21.5. The number of para-hydroxylation sites is 2. The highest BCUT2D eigenvalue weighted by Crippen LogP contribution is 2.24. The van der Waals surface area contributed by atoms with E-state index in [0.717, 1.165) is 5.75 Å². The molecule has 8 heteroatoms. The molecule has 146 valence electrons. The fourth-order valence-electron chi connectivity index (χ4n) is 2.64. The monoisotopic (exact) mass is 400 g/mol. The second kappa shape index (κ2) is 9.36. The third kappa shape index (κ3) is 4.89. The topological polar surface area (TPSA) is 69.0 Å². The number of thioether (sulfide) groups is 1. The SMILES string of the molecule is CCn1c(SCC(=O)Nc2ccccc2F)nnc1[C@H](C)Oc1ccccc1. The summed E-state index contributed by atoms with van der Waals surface area (Å²) in [6.07, 6.45) is -0.295. The van der Waals surface area contributed by atoms with Crippen molar-refractivity contribution >= 4 is 23.4 Å². The predicted octanol–water partition coefficient (Wildman–Crippen LogP) is 4.31. The smallest absolute Gasteiger partial charge is 0.234 e. The molecule has 0 saturated carbocycles. The van der Waals surface area contributed by atoms with Gasteiger partial charge < -0.3 is 14.6 Å². The van der Waals surface area contributed by atoms with Crippen molar-refractivity contribution < 1.29 is 13.9 Å². The fourth-order valence-corrected chi connectivity index (χ4v) is 3.45. The molecule has 0 aliphatic carbocycles. The lowest BCUT2D eigenvalue weighted by atomic mass is 10.3. The van der Waals surface area contributed by atoms with Crippen LogP contribution in [0.15, 0.2) is 59.8 Å². The molecule has 0 aliphatic heterocycles. The molecule has 1 N–H and O–H groups in total. The summed E-state index contributed by atoms with van der Waals surface area (Å²) in [5.74, 6) is 0.755. The second-order valence-corrected chi connectivity index (χ2v) is 6.92. The van der Waals surface area contributed by atoms with Crippen LogP contribution in [0.2, 0.25) is 0 Å². The van der Waals surface area contributed by atoms with Gasteiger partial charge in [-0.15, -0.1) is 10.2 Å². The summed E-state index contributed by atoms with van der Waals surface area (Å²) in [6.45, 7) is 4.52. The summed E-state index contributed by atoms with van der Waals surface area (Å²) in [5, 5.41) is 11.6. The van der Waals surface area contributed by atoms with Crippen molar-refractivity contribution in [3.05, 3.63) is 66.2 Å². The van der Waals surface area contributed by atoms with E-state index in [4.69, 9.17) is 4.74 Å². The highest BCUT2D eigenvalue weighted by atomic mass is 32.2. The fraction of sp³-hybridized carbons (Fsp3) is 0.250. The standard InChI is InChI=1S/C20H21FN4O2S/c1-3-25-19(14(2)27-15-9-5-4-6-10-15)23-24-20(25)28-13-18(26)22-17-12-8-7-11-16(17)21/h4-12,14H,3,13H2,1-2H3,(H,22,26)/t14-/m0/s1. The van der Waals surface area contributed by atoms with Gasteiger partial charge in [0.2, 0.25) is 5.91 Å². The van der Waals surface area contributed by atoms with Gasteiger partial charge in [-0.2, -0.15) is 0 Å². The minimum Gasteiger partial charge on any atom is -0.483 e.